The van der Waals surface area contributed by atoms with Crippen LogP contribution >= 0.6 is 0 Å². The van der Waals surface area contributed by atoms with Gasteiger partial charge in [-0.1, -0.05) is 12.1 Å². The van der Waals surface area contributed by atoms with E-state index in [0.717, 1.165) is 33.6 Å². The first kappa shape index (κ1) is 22.8. The lowest BCUT2D eigenvalue weighted by Crippen LogP contribution is -2.39. The monoisotopic (exact) mass is 472 g/mol. The summed E-state index contributed by atoms with van der Waals surface area (Å²) in [5.41, 5.74) is 5.97. The summed E-state index contributed by atoms with van der Waals surface area (Å²) in [4.78, 5) is 23.8. The number of hydrogen-bond donors (Lipinski definition) is 0. The van der Waals surface area contributed by atoms with Crippen LogP contribution in [0, 0.1) is 19.1 Å². The Bertz CT molecular complexity index is 1500. The van der Waals surface area contributed by atoms with Gasteiger partial charge in [-0.05, 0) is 69.2 Å². The Morgan fingerprint density at radius 3 is 2.63 bits per heavy atom. The van der Waals surface area contributed by atoms with E-state index in [1.54, 1.807) is 4.90 Å². The van der Waals surface area contributed by atoms with Crippen LogP contribution in [0.1, 0.15) is 44.1 Å². The molecule has 35 heavy (non-hydrogen) atoms. The fraction of sp³-hybridized carbons (Fsp3) is 0.346. The summed E-state index contributed by atoms with van der Waals surface area (Å²) in [6.45, 7) is 10.5. The first-order valence-corrected chi connectivity index (χ1v) is 11.6. The minimum atomic E-state index is -0.525. The second kappa shape index (κ2) is 8.33. The molecule has 1 amide bonds. The summed E-state index contributed by atoms with van der Waals surface area (Å²) < 4.78 is 7.44. The third-order valence-electron chi connectivity index (χ3n) is 5.97. The van der Waals surface area contributed by atoms with Crippen molar-refractivity contribution in [3.63, 3.8) is 0 Å². The predicted octanol–water partition coefficient (Wildman–Crippen LogP) is 4.22. The molecule has 0 radical (unpaired) electrons. The standard InChI is InChI=1S/C26H28N6O3/c1-16-14-31-15-20(13-22(31)17(2)27-16)24-28-21-7-6-19(12-23(21)32(34)29-24)18-8-10-30(11-9-18)25(33)35-26(3,4)5/h6-8,12-15H,9-11H2,1-5H3. The number of aryl methyl sites for hydroxylation is 2. The number of carbonyl (C=O) groups excluding carboxylic acids is 1. The van der Waals surface area contributed by atoms with Crippen molar-refractivity contribution in [1.82, 2.24) is 24.4 Å². The van der Waals surface area contributed by atoms with E-state index in [1.165, 1.54) is 0 Å². The molecule has 0 fully saturated rings. The molecule has 0 N–H and O–H groups in total. The van der Waals surface area contributed by atoms with Crippen LogP contribution in [0.4, 0.5) is 4.79 Å². The Hall–Kier alpha value is -4.01. The second-order valence-electron chi connectivity index (χ2n) is 9.91. The smallest absolute Gasteiger partial charge is 0.410 e. The van der Waals surface area contributed by atoms with E-state index in [0.29, 0.717) is 41.2 Å². The van der Waals surface area contributed by atoms with Gasteiger partial charge in [0, 0.05) is 42.2 Å². The molecule has 9 heteroatoms. The zero-order valence-corrected chi connectivity index (χ0v) is 20.6. The first-order valence-electron chi connectivity index (χ1n) is 11.6. The molecule has 0 bridgehead atoms. The lowest BCUT2D eigenvalue weighted by Gasteiger charge is -2.29. The van der Waals surface area contributed by atoms with Crippen molar-refractivity contribution in [2.45, 2.75) is 46.6 Å². The molecular weight excluding hydrogens is 444 g/mol. The summed E-state index contributed by atoms with van der Waals surface area (Å²) in [7, 11) is 0. The average molecular weight is 473 g/mol. The molecule has 0 spiro atoms. The maximum absolute atomic E-state index is 12.9. The molecule has 0 aliphatic carbocycles. The van der Waals surface area contributed by atoms with Crippen LogP contribution in [0.25, 0.3) is 33.5 Å². The van der Waals surface area contributed by atoms with E-state index < -0.39 is 5.60 Å². The van der Waals surface area contributed by atoms with Gasteiger partial charge in [0.15, 0.2) is 0 Å². The molecule has 180 valence electrons. The number of amides is 1. The predicted molar refractivity (Wildman–Crippen MR) is 133 cm³/mol. The summed E-state index contributed by atoms with van der Waals surface area (Å²) in [6, 6.07) is 7.56. The molecule has 4 aromatic rings. The molecule has 0 saturated heterocycles. The Balaban J connectivity index is 1.42. The number of hydrogen-bond acceptors (Lipinski definition) is 6. The van der Waals surface area contributed by atoms with Gasteiger partial charge < -0.3 is 19.2 Å². The molecule has 0 unspecified atom stereocenters. The van der Waals surface area contributed by atoms with Crippen LogP contribution in [-0.2, 0) is 4.74 Å². The minimum Gasteiger partial charge on any atom is -0.594 e. The third-order valence-corrected chi connectivity index (χ3v) is 5.97. The van der Waals surface area contributed by atoms with Crippen LogP contribution in [0.5, 0.6) is 0 Å². The normalized spacial score (nSPS) is 14.4. The van der Waals surface area contributed by atoms with Crippen LogP contribution < -0.4 is 4.85 Å². The summed E-state index contributed by atoms with van der Waals surface area (Å²) >= 11 is 0. The molecule has 0 atom stereocenters. The number of fused-ring (bicyclic) bond motifs is 2. The van der Waals surface area contributed by atoms with E-state index in [-0.39, 0.29) is 6.09 Å². The quantitative estimate of drug-likeness (QED) is 0.320. The molecule has 5 rings (SSSR count). The lowest BCUT2D eigenvalue weighted by molar-refractivity contribution is -0.642. The topological polar surface area (TPSA) is 99.6 Å². The first-order chi connectivity index (χ1) is 16.6. The van der Waals surface area contributed by atoms with Crippen molar-refractivity contribution in [1.29, 1.82) is 0 Å². The van der Waals surface area contributed by atoms with E-state index in [1.807, 2.05) is 81.8 Å². The van der Waals surface area contributed by atoms with Crippen molar-refractivity contribution in [2.75, 3.05) is 13.1 Å². The van der Waals surface area contributed by atoms with Gasteiger partial charge in [-0.25, -0.2) is 9.78 Å². The number of nitrogens with zero attached hydrogens (tertiary/aromatic N) is 6. The van der Waals surface area contributed by atoms with Crippen LogP contribution in [0.3, 0.4) is 0 Å². The number of ether oxygens (including phenoxy) is 1. The number of benzene rings is 1. The molecular formula is C26H28N6O3. The minimum absolute atomic E-state index is 0.316. The Labute approximate surface area is 203 Å². The summed E-state index contributed by atoms with van der Waals surface area (Å²) in [5, 5.41) is 17.1. The van der Waals surface area contributed by atoms with Crippen LogP contribution in [0.15, 0.2) is 42.7 Å². The van der Waals surface area contributed by atoms with Gasteiger partial charge in [-0.2, -0.15) is 0 Å². The molecule has 1 aromatic carbocycles. The maximum atomic E-state index is 12.9. The van der Waals surface area contributed by atoms with Gasteiger partial charge in [0.25, 0.3) is 5.52 Å². The van der Waals surface area contributed by atoms with Crippen molar-refractivity contribution < 1.29 is 14.4 Å². The van der Waals surface area contributed by atoms with Crippen molar-refractivity contribution in [3.8, 4) is 11.4 Å². The zero-order chi connectivity index (χ0) is 24.9. The second-order valence-corrected chi connectivity index (χ2v) is 9.91. The third kappa shape index (κ3) is 4.53. The fourth-order valence-corrected chi connectivity index (χ4v) is 4.34. The van der Waals surface area contributed by atoms with Gasteiger partial charge in [-0.3, -0.25) is 4.98 Å². The van der Waals surface area contributed by atoms with Gasteiger partial charge in [0.1, 0.15) is 11.1 Å². The number of rotatable bonds is 2. The molecule has 9 nitrogen and oxygen atoms in total. The summed E-state index contributed by atoms with van der Waals surface area (Å²) in [6.07, 6.45) is 6.21. The number of carbonyl (C=O) groups is 1. The van der Waals surface area contributed by atoms with E-state index in [2.05, 4.69) is 15.1 Å². The average Bonchev–Trinajstić information content (AvgIpc) is 3.22. The zero-order valence-electron chi connectivity index (χ0n) is 20.6. The molecule has 3 aromatic heterocycles. The molecule has 1 aliphatic rings. The van der Waals surface area contributed by atoms with Crippen molar-refractivity contribution in [3.05, 3.63) is 64.9 Å². The van der Waals surface area contributed by atoms with E-state index >= 15 is 0 Å². The van der Waals surface area contributed by atoms with Gasteiger partial charge in [0.2, 0.25) is 5.82 Å². The fourth-order valence-electron chi connectivity index (χ4n) is 4.34. The van der Waals surface area contributed by atoms with E-state index in [4.69, 9.17) is 4.74 Å². The van der Waals surface area contributed by atoms with Gasteiger partial charge >= 0.3 is 6.09 Å². The van der Waals surface area contributed by atoms with Gasteiger partial charge in [0.05, 0.1) is 16.9 Å². The van der Waals surface area contributed by atoms with Crippen LogP contribution in [-0.4, -0.2) is 49.2 Å². The Morgan fingerprint density at radius 2 is 1.91 bits per heavy atom. The molecule has 1 aliphatic heterocycles. The molecule has 4 heterocycles. The molecule has 0 saturated carbocycles. The lowest BCUT2D eigenvalue weighted by atomic mass is 9.99. The highest BCUT2D eigenvalue weighted by atomic mass is 16.6. The van der Waals surface area contributed by atoms with E-state index in [9.17, 15) is 10.0 Å². The summed E-state index contributed by atoms with van der Waals surface area (Å²) in [5.74, 6) is 0.367. The van der Waals surface area contributed by atoms with Crippen LogP contribution in [0.2, 0.25) is 0 Å². The number of aromatic nitrogens is 5. The maximum Gasteiger partial charge on any atom is 0.410 e. The highest BCUT2D eigenvalue weighted by Gasteiger charge is 2.24. The highest BCUT2D eigenvalue weighted by molar-refractivity contribution is 5.80. The highest BCUT2D eigenvalue weighted by Crippen LogP contribution is 2.27. The SMILES string of the molecule is Cc1cn2cc(-c3nc4ccc(C5=CCN(C(=O)OC(C)(C)C)CC5)cc4[n+]([O-])n3)cc2c(C)n1. The Kier molecular flexibility index (Phi) is 5.42. The van der Waals surface area contributed by atoms with Crippen molar-refractivity contribution >= 4 is 28.2 Å². The van der Waals surface area contributed by atoms with Crippen molar-refractivity contribution in [2.24, 2.45) is 0 Å². The Morgan fingerprint density at radius 1 is 1.11 bits per heavy atom. The van der Waals surface area contributed by atoms with Gasteiger partial charge in [-0.15, -0.1) is 0 Å². The largest absolute Gasteiger partial charge is 0.594 e.